The van der Waals surface area contributed by atoms with Gasteiger partial charge >= 0.3 is 0 Å². The zero-order valence-electron chi connectivity index (χ0n) is 14.6. The minimum Gasteiger partial charge on any atom is -0.479 e. The summed E-state index contributed by atoms with van der Waals surface area (Å²) < 4.78 is 5.93. The summed E-state index contributed by atoms with van der Waals surface area (Å²) in [6, 6.07) is 9.07. The molecule has 5 heteroatoms. The third-order valence-corrected chi connectivity index (χ3v) is 4.56. The van der Waals surface area contributed by atoms with Crippen molar-refractivity contribution in [3.63, 3.8) is 0 Å². The number of nitrogens with zero attached hydrogens (tertiary/aromatic N) is 2. The Labute approximate surface area is 143 Å². The van der Waals surface area contributed by atoms with E-state index in [-0.39, 0.29) is 17.7 Å². The molecule has 2 rings (SSSR count). The number of hydrogen-bond acceptors (Lipinski definition) is 4. The van der Waals surface area contributed by atoms with Gasteiger partial charge in [0.2, 0.25) is 0 Å². The number of piperidine rings is 1. The molecule has 0 aromatic heterocycles. The minimum atomic E-state index is -0.632. The van der Waals surface area contributed by atoms with Gasteiger partial charge in [-0.25, -0.2) is 0 Å². The Morgan fingerprint density at radius 2 is 2.08 bits per heavy atom. The van der Waals surface area contributed by atoms with Crippen molar-refractivity contribution in [1.82, 2.24) is 4.90 Å². The van der Waals surface area contributed by atoms with Crippen LogP contribution in [0.15, 0.2) is 24.3 Å². The summed E-state index contributed by atoms with van der Waals surface area (Å²) in [5.41, 5.74) is 0.427. The third kappa shape index (κ3) is 4.27. The van der Waals surface area contributed by atoms with Gasteiger partial charge in [-0.1, -0.05) is 26.0 Å². The molecular formula is C19H26N2O3. The number of aliphatic hydroxyl groups excluding tert-OH is 1. The number of likely N-dealkylation sites (tertiary alicyclic amines) is 1. The molecule has 24 heavy (non-hydrogen) atoms. The Hall–Kier alpha value is -2.06. The molecule has 0 aliphatic carbocycles. The van der Waals surface area contributed by atoms with E-state index in [9.17, 15) is 15.2 Å². The first kappa shape index (κ1) is 18.3. The lowest BCUT2D eigenvalue weighted by atomic mass is 9.92. The van der Waals surface area contributed by atoms with Gasteiger partial charge in [-0.2, -0.15) is 5.26 Å². The monoisotopic (exact) mass is 330 g/mol. The number of carbonyl (C=O) groups is 1. The van der Waals surface area contributed by atoms with Crippen LogP contribution in [-0.2, 0) is 4.79 Å². The van der Waals surface area contributed by atoms with Gasteiger partial charge in [0.1, 0.15) is 11.8 Å². The molecule has 3 atom stereocenters. The van der Waals surface area contributed by atoms with Crippen molar-refractivity contribution in [2.75, 3.05) is 13.1 Å². The van der Waals surface area contributed by atoms with Gasteiger partial charge in [0.25, 0.3) is 5.91 Å². The van der Waals surface area contributed by atoms with Crippen LogP contribution in [0.2, 0.25) is 0 Å². The van der Waals surface area contributed by atoms with Crippen molar-refractivity contribution >= 4 is 5.91 Å². The molecule has 3 unspecified atom stereocenters. The highest BCUT2D eigenvalue weighted by atomic mass is 16.5. The first-order valence-corrected chi connectivity index (χ1v) is 8.56. The second-order valence-electron chi connectivity index (χ2n) is 6.82. The molecule has 1 amide bonds. The summed E-state index contributed by atoms with van der Waals surface area (Å²) in [5, 5.41) is 19.0. The number of carbonyl (C=O) groups excluding carboxylic acids is 1. The van der Waals surface area contributed by atoms with Crippen LogP contribution < -0.4 is 4.74 Å². The molecule has 0 spiro atoms. The van der Waals surface area contributed by atoms with E-state index in [4.69, 9.17) is 4.74 Å². The fourth-order valence-electron chi connectivity index (χ4n) is 3.05. The largest absolute Gasteiger partial charge is 0.479 e. The maximum Gasteiger partial charge on any atom is 0.263 e. The average molecular weight is 330 g/mol. The first-order valence-electron chi connectivity index (χ1n) is 8.56. The van der Waals surface area contributed by atoms with Gasteiger partial charge in [0, 0.05) is 19.0 Å². The van der Waals surface area contributed by atoms with Crippen molar-refractivity contribution in [3.05, 3.63) is 29.8 Å². The quantitative estimate of drug-likeness (QED) is 0.900. The number of amides is 1. The molecular weight excluding hydrogens is 304 g/mol. The normalized spacial score (nSPS) is 20.3. The fraction of sp³-hybridized carbons (Fsp3) is 0.579. The number of nitriles is 1. The molecule has 5 nitrogen and oxygen atoms in total. The summed E-state index contributed by atoms with van der Waals surface area (Å²) in [4.78, 5) is 14.7. The van der Waals surface area contributed by atoms with Gasteiger partial charge in [-0.3, -0.25) is 4.79 Å². The molecule has 1 aliphatic rings. The molecule has 1 aromatic rings. The lowest BCUT2D eigenvalue weighted by Crippen LogP contribution is -2.50. The highest BCUT2D eigenvalue weighted by Crippen LogP contribution is 2.25. The lowest BCUT2D eigenvalue weighted by Gasteiger charge is -2.36. The summed E-state index contributed by atoms with van der Waals surface area (Å²) in [6.07, 6.45) is 0.776. The molecule has 1 aliphatic heterocycles. The van der Waals surface area contributed by atoms with Gasteiger partial charge in [0.05, 0.1) is 11.7 Å². The van der Waals surface area contributed by atoms with E-state index in [0.29, 0.717) is 24.4 Å². The average Bonchev–Trinajstić information content (AvgIpc) is 2.59. The van der Waals surface area contributed by atoms with Crippen molar-refractivity contribution in [3.8, 4) is 11.8 Å². The highest BCUT2D eigenvalue weighted by molar-refractivity contribution is 5.81. The number of benzene rings is 1. The van der Waals surface area contributed by atoms with Crippen molar-refractivity contribution < 1.29 is 14.6 Å². The number of rotatable bonds is 5. The Kier molecular flexibility index (Phi) is 6.22. The van der Waals surface area contributed by atoms with Gasteiger partial charge < -0.3 is 14.7 Å². The topological polar surface area (TPSA) is 73.6 Å². The molecule has 130 valence electrons. The second kappa shape index (κ2) is 8.16. The predicted octanol–water partition coefficient (Wildman–Crippen LogP) is 2.58. The van der Waals surface area contributed by atoms with E-state index >= 15 is 0 Å². The molecule has 1 fully saturated rings. The Morgan fingerprint density at radius 1 is 1.38 bits per heavy atom. The summed E-state index contributed by atoms with van der Waals surface area (Å²) >= 11 is 0. The van der Waals surface area contributed by atoms with E-state index in [0.717, 1.165) is 12.8 Å². The van der Waals surface area contributed by atoms with Crippen LogP contribution in [0, 0.1) is 23.2 Å². The van der Waals surface area contributed by atoms with Crippen LogP contribution >= 0.6 is 0 Å². The molecule has 1 N–H and O–H groups in total. The van der Waals surface area contributed by atoms with E-state index in [1.54, 1.807) is 36.1 Å². The smallest absolute Gasteiger partial charge is 0.263 e. The van der Waals surface area contributed by atoms with Crippen molar-refractivity contribution in [2.45, 2.75) is 45.8 Å². The van der Waals surface area contributed by atoms with Crippen LogP contribution in [-0.4, -0.2) is 41.2 Å². The first-order chi connectivity index (χ1) is 11.4. The highest BCUT2D eigenvalue weighted by Gasteiger charge is 2.33. The van der Waals surface area contributed by atoms with Crippen LogP contribution in [0.25, 0.3) is 0 Å². The molecule has 1 aromatic carbocycles. The molecule has 1 saturated heterocycles. The number of ether oxygens (including phenoxy) is 1. The van der Waals surface area contributed by atoms with Gasteiger partial charge in [-0.15, -0.1) is 0 Å². The minimum absolute atomic E-state index is 0.0174. The van der Waals surface area contributed by atoms with E-state index in [1.807, 2.05) is 13.8 Å². The zero-order chi connectivity index (χ0) is 17.7. The second-order valence-corrected chi connectivity index (χ2v) is 6.82. The van der Waals surface area contributed by atoms with Crippen molar-refractivity contribution in [2.24, 2.45) is 11.8 Å². The zero-order valence-corrected chi connectivity index (χ0v) is 14.6. The van der Waals surface area contributed by atoms with Crippen LogP contribution in [0.4, 0.5) is 0 Å². The molecule has 0 bridgehead atoms. The fourth-order valence-corrected chi connectivity index (χ4v) is 3.05. The Morgan fingerprint density at radius 3 is 2.71 bits per heavy atom. The maximum atomic E-state index is 12.9. The van der Waals surface area contributed by atoms with Crippen molar-refractivity contribution in [1.29, 1.82) is 5.26 Å². The number of para-hydroxylation sites is 1. The molecule has 0 radical (unpaired) electrons. The van der Waals surface area contributed by atoms with Gasteiger partial charge in [-0.05, 0) is 37.8 Å². The maximum absolute atomic E-state index is 12.9. The SMILES string of the molecule is CC(C)C(Oc1ccccc1C#N)C(=O)N1CCCC(C(C)O)C1. The van der Waals surface area contributed by atoms with Gasteiger partial charge in [0.15, 0.2) is 6.10 Å². The molecule has 0 saturated carbocycles. The van der Waals surface area contributed by atoms with E-state index in [2.05, 4.69) is 6.07 Å². The number of hydrogen-bond donors (Lipinski definition) is 1. The Bertz CT molecular complexity index is 607. The van der Waals surface area contributed by atoms with Crippen LogP contribution in [0.3, 0.4) is 0 Å². The standard InChI is InChI=1S/C19H26N2O3/c1-13(2)18(24-17-9-5-4-7-15(17)11-20)19(23)21-10-6-8-16(12-21)14(3)22/h4-5,7,9,13-14,16,18,22H,6,8,10,12H2,1-3H3. The Balaban J connectivity index is 2.15. The van der Waals surface area contributed by atoms with E-state index < -0.39 is 12.2 Å². The summed E-state index contributed by atoms with van der Waals surface area (Å²) in [6.45, 7) is 6.90. The van der Waals surface area contributed by atoms with Crippen LogP contribution in [0.1, 0.15) is 39.2 Å². The number of aliphatic hydroxyl groups is 1. The molecule has 1 heterocycles. The predicted molar refractivity (Wildman–Crippen MR) is 91.4 cm³/mol. The lowest BCUT2D eigenvalue weighted by molar-refractivity contribution is -0.143. The van der Waals surface area contributed by atoms with Crippen LogP contribution in [0.5, 0.6) is 5.75 Å². The summed E-state index contributed by atoms with van der Waals surface area (Å²) in [5.74, 6) is 0.470. The van der Waals surface area contributed by atoms with E-state index in [1.165, 1.54) is 0 Å². The summed E-state index contributed by atoms with van der Waals surface area (Å²) in [7, 11) is 0. The third-order valence-electron chi connectivity index (χ3n) is 4.56.